The Morgan fingerprint density at radius 2 is 1.13 bits per heavy atom. The molecule has 0 aromatic heterocycles. The van der Waals surface area contributed by atoms with Gasteiger partial charge in [0.2, 0.25) is 0 Å². The molecule has 8 fully saturated rings. The Hall–Kier alpha value is -3.42. The Bertz CT molecular complexity index is 1920. The Kier molecular flexibility index (Phi) is 14.7. The molecule has 4 saturated heterocycles. The fourth-order valence-electron chi connectivity index (χ4n) is 14.8. The van der Waals surface area contributed by atoms with E-state index >= 15 is 0 Å². The van der Waals surface area contributed by atoms with Gasteiger partial charge in [-0.2, -0.15) is 0 Å². The van der Waals surface area contributed by atoms with Gasteiger partial charge < -0.3 is 56.8 Å². The van der Waals surface area contributed by atoms with E-state index < -0.39 is 97.0 Å². The Balaban J connectivity index is 1.13. The molecule has 18 heteroatoms. The molecule has 8 rings (SSSR count). The molecule has 68 heavy (non-hydrogen) atoms. The molecule has 4 aliphatic carbocycles. The van der Waals surface area contributed by atoms with E-state index in [-0.39, 0.29) is 53.4 Å². The van der Waals surface area contributed by atoms with Crippen LogP contribution in [-0.2, 0) is 85.6 Å². The second-order valence-corrected chi connectivity index (χ2v) is 21.9. The monoisotopic (exact) mass is 962 g/mol. The Labute approximate surface area is 399 Å². The Morgan fingerprint density at radius 1 is 0.529 bits per heavy atom. The fourth-order valence-corrected chi connectivity index (χ4v) is 14.8. The summed E-state index contributed by atoms with van der Waals surface area (Å²) in [7, 11) is 0. The number of ether oxygens (including phenoxy) is 12. The van der Waals surface area contributed by atoms with Crippen LogP contribution in [0.2, 0.25) is 0 Å². The van der Waals surface area contributed by atoms with Crippen molar-refractivity contribution in [2.45, 2.75) is 213 Å². The standard InChI is InChI=1S/C50H74O18/c1-23-12-17-50(58-21-23)24(2)40-38(68-50)20-35-33-19-37(36-18-32(60-26(4)51)13-15-48(36,10)34(33)14-16-49(35,40)11)66-47-45(65-31(9)56)43(41(25(3)59-47)62-28(6)53)67-46-44(64-30(8)55)42(63-29(7)54)39(22-57-46)61-27(5)52/h23-25,32-47H,12-22H2,1-11H3/t23-,24-,25+,32-,33+,34-,35-,36+,37-,38-,39+,40-,41+,42-,43-,44+,45+,46-,47-,48+,49-,50+/m0/s1. The predicted octanol–water partition coefficient (Wildman–Crippen LogP) is 5.50. The molecule has 0 N–H and O–H groups in total. The van der Waals surface area contributed by atoms with Crippen molar-refractivity contribution < 1.29 is 85.6 Å². The quantitative estimate of drug-likeness (QED) is 0.150. The summed E-state index contributed by atoms with van der Waals surface area (Å²) in [5.41, 5.74) is -0.225. The maximum Gasteiger partial charge on any atom is 0.303 e. The van der Waals surface area contributed by atoms with Gasteiger partial charge in [-0.3, -0.25) is 28.8 Å². The van der Waals surface area contributed by atoms with Crippen molar-refractivity contribution in [3.8, 4) is 0 Å². The van der Waals surface area contributed by atoms with Gasteiger partial charge in [-0.15, -0.1) is 0 Å². The third-order valence-electron chi connectivity index (χ3n) is 17.4. The van der Waals surface area contributed by atoms with Gasteiger partial charge in [0.15, 0.2) is 48.9 Å². The summed E-state index contributed by atoms with van der Waals surface area (Å²) in [5, 5.41) is 0. The Morgan fingerprint density at radius 3 is 1.75 bits per heavy atom. The average Bonchev–Trinajstić information content (AvgIpc) is 3.69. The summed E-state index contributed by atoms with van der Waals surface area (Å²) >= 11 is 0. The number of hydrogen-bond acceptors (Lipinski definition) is 18. The molecule has 0 amide bonds. The molecule has 22 atom stereocenters. The minimum absolute atomic E-state index is 0.00686. The topological polar surface area (TPSA) is 213 Å². The first kappa shape index (κ1) is 51.0. The van der Waals surface area contributed by atoms with Crippen LogP contribution < -0.4 is 0 Å². The first-order valence-electron chi connectivity index (χ1n) is 25.0. The van der Waals surface area contributed by atoms with Gasteiger partial charge in [0.25, 0.3) is 0 Å². The SMILES string of the molecule is CC(=O)O[C@H]1CC[C@@]2(C)[C@H](C1)[C@@H](O[C@@H]1O[C@H](C)[C@@H](OC(C)=O)[C@H](O[C@@H]3OC[C@@H](OC(C)=O)[C@H](OC(C)=O)[C@H]3OC(C)=O)[C@H]1OC(C)=O)C[C@@H]1[C@@H]2CC[C@]2(C)[C@@H]3[C@H](C[C@@H]12)O[C@]1(CC[C@H](C)CO1)[C@H]3C. The van der Waals surface area contributed by atoms with Crippen LogP contribution in [0, 0.1) is 52.3 Å². The second kappa shape index (κ2) is 19.6. The number of hydrogen-bond donors (Lipinski definition) is 0. The van der Waals surface area contributed by atoms with Crippen LogP contribution in [0.25, 0.3) is 0 Å². The van der Waals surface area contributed by atoms with E-state index in [1.807, 2.05) is 0 Å². The van der Waals surface area contributed by atoms with Gasteiger partial charge in [-0.05, 0) is 105 Å². The first-order chi connectivity index (χ1) is 32.0. The van der Waals surface area contributed by atoms with Gasteiger partial charge in [0.1, 0.15) is 12.2 Å². The van der Waals surface area contributed by atoms with E-state index in [2.05, 4.69) is 27.7 Å². The zero-order chi connectivity index (χ0) is 49.2. The second-order valence-electron chi connectivity index (χ2n) is 21.9. The van der Waals surface area contributed by atoms with Crippen LogP contribution in [0.5, 0.6) is 0 Å². The highest BCUT2D eigenvalue weighted by atomic mass is 16.8. The smallest absolute Gasteiger partial charge is 0.303 e. The highest BCUT2D eigenvalue weighted by Crippen LogP contribution is 2.72. The highest BCUT2D eigenvalue weighted by Gasteiger charge is 2.70. The van der Waals surface area contributed by atoms with Crippen molar-refractivity contribution in [2.24, 2.45) is 52.3 Å². The molecule has 0 aromatic rings. The van der Waals surface area contributed by atoms with Crippen molar-refractivity contribution in [1.29, 1.82) is 0 Å². The number of carbonyl (C=O) groups is 6. The molecular weight excluding hydrogens is 889 g/mol. The molecule has 0 bridgehead atoms. The van der Waals surface area contributed by atoms with Gasteiger partial charge in [-0.1, -0.05) is 27.7 Å². The lowest BCUT2D eigenvalue weighted by atomic mass is 9.43. The van der Waals surface area contributed by atoms with E-state index in [4.69, 9.17) is 56.8 Å². The zero-order valence-corrected chi connectivity index (χ0v) is 41.6. The molecule has 4 saturated carbocycles. The van der Waals surface area contributed by atoms with Gasteiger partial charge in [0.05, 0.1) is 31.5 Å². The lowest BCUT2D eigenvalue weighted by Gasteiger charge is -2.63. The molecule has 8 aliphatic rings. The summed E-state index contributed by atoms with van der Waals surface area (Å²) in [6.45, 7) is 18.8. The largest absolute Gasteiger partial charge is 0.463 e. The van der Waals surface area contributed by atoms with Crippen molar-refractivity contribution >= 4 is 35.8 Å². The molecule has 4 heterocycles. The third kappa shape index (κ3) is 9.68. The van der Waals surface area contributed by atoms with Gasteiger partial charge in [0, 0.05) is 53.9 Å². The summed E-state index contributed by atoms with van der Waals surface area (Å²) in [5.74, 6) is -2.62. The molecule has 0 aromatic carbocycles. The predicted molar refractivity (Wildman–Crippen MR) is 234 cm³/mol. The summed E-state index contributed by atoms with van der Waals surface area (Å²) in [6.07, 6.45) is -4.71. The van der Waals surface area contributed by atoms with Crippen LogP contribution in [0.15, 0.2) is 0 Å². The summed E-state index contributed by atoms with van der Waals surface area (Å²) in [6, 6.07) is 0. The highest BCUT2D eigenvalue weighted by molar-refractivity contribution is 5.69. The molecule has 0 unspecified atom stereocenters. The lowest BCUT2D eigenvalue weighted by Crippen LogP contribution is -2.66. The lowest BCUT2D eigenvalue weighted by molar-refractivity contribution is -0.358. The van der Waals surface area contributed by atoms with Crippen molar-refractivity contribution in [3.63, 3.8) is 0 Å². The van der Waals surface area contributed by atoms with Crippen molar-refractivity contribution in [2.75, 3.05) is 13.2 Å². The van der Waals surface area contributed by atoms with Crippen molar-refractivity contribution in [3.05, 3.63) is 0 Å². The van der Waals surface area contributed by atoms with Gasteiger partial charge in [-0.25, -0.2) is 0 Å². The zero-order valence-electron chi connectivity index (χ0n) is 41.6. The average molecular weight is 963 g/mol. The van der Waals surface area contributed by atoms with E-state index in [0.29, 0.717) is 43.1 Å². The molecular formula is C50H74O18. The summed E-state index contributed by atoms with van der Waals surface area (Å²) in [4.78, 5) is 75.5. The van der Waals surface area contributed by atoms with E-state index in [1.54, 1.807) is 6.92 Å². The van der Waals surface area contributed by atoms with E-state index in [0.717, 1.165) is 58.8 Å². The fraction of sp³-hybridized carbons (Fsp3) is 0.880. The molecule has 4 aliphatic heterocycles. The minimum atomic E-state index is -1.53. The first-order valence-corrected chi connectivity index (χ1v) is 25.0. The third-order valence-corrected chi connectivity index (χ3v) is 17.4. The van der Waals surface area contributed by atoms with Crippen molar-refractivity contribution in [1.82, 2.24) is 0 Å². The van der Waals surface area contributed by atoms with Crippen LogP contribution in [0.4, 0.5) is 0 Å². The molecule has 1 spiro atoms. The number of esters is 6. The normalized spacial score (nSPS) is 47.2. The van der Waals surface area contributed by atoms with Crippen LogP contribution in [0.1, 0.15) is 134 Å². The molecule has 382 valence electrons. The molecule has 18 nitrogen and oxygen atoms in total. The van der Waals surface area contributed by atoms with Crippen LogP contribution in [0.3, 0.4) is 0 Å². The van der Waals surface area contributed by atoms with Crippen LogP contribution in [-0.4, -0.2) is 128 Å². The van der Waals surface area contributed by atoms with Crippen LogP contribution >= 0.6 is 0 Å². The maximum atomic E-state index is 13.2. The molecule has 0 radical (unpaired) electrons. The van der Waals surface area contributed by atoms with E-state index in [1.165, 1.54) is 27.7 Å². The maximum absolute atomic E-state index is 13.2. The van der Waals surface area contributed by atoms with Gasteiger partial charge >= 0.3 is 35.8 Å². The summed E-state index contributed by atoms with van der Waals surface area (Å²) < 4.78 is 74.8. The number of rotatable bonds is 10. The van der Waals surface area contributed by atoms with E-state index in [9.17, 15) is 28.8 Å². The number of carbonyl (C=O) groups excluding carboxylic acids is 6. The minimum Gasteiger partial charge on any atom is -0.463 e. The number of fused-ring (bicyclic) bond motifs is 7.